The molecule has 2 aromatic carbocycles. The first-order chi connectivity index (χ1) is 10.7. The van der Waals surface area contributed by atoms with Gasteiger partial charge in [-0.15, -0.1) is 11.3 Å². The van der Waals surface area contributed by atoms with Gasteiger partial charge in [0, 0.05) is 15.6 Å². The number of hydrogen-bond acceptors (Lipinski definition) is 4. The minimum absolute atomic E-state index is 0.276. The first-order valence-electron chi connectivity index (χ1n) is 7.07. The van der Waals surface area contributed by atoms with Crippen molar-refractivity contribution in [3.8, 4) is 16.9 Å². The van der Waals surface area contributed by atoms with Crippen LogP contribution in [0.15, 0.2) is 48.5 Å². The van der Waals surface area contributed by atoms with Crippen molar-refractivity contribution < 1.29 is 14.3 Å². The van der Waals surface area contributed by atoms with Gasteiger partial charge in [-0.2, -0.15) is 0 Å². The first kappa shape index (κ1) is 14.6. The van der Waals surface area contributed by atoms with E-state index in [1.54, 1.807) is 7.11 Å². The van der Waals surface area contributed by atoms with Gasteiger partial charge in [0.15, 0.2) is 0 Å². The third-order valence-electron chi connectivity index (χ3n) is 3.42. The fourth-order valence-corrected chi connectivity index (χ4v) is 3.53. The molecule has 0 aliphatic carbocycles. The highest BCUT2D eigenvalue weighted by Crippen LogP contribution is 2.40. The molecule has 0 N–H and O–H groups in total. The summed E-state index contributed by atoms with van der Waals surface area (Å²) in [5.74, 6) is 0.499. The predicted molar refractivity (Wildman–Crippen MR) is 89.8 cm³/mol. The van der Waals surface area contributed by atoms with Gasteiger partial charge in [0.1, 0.15) is 10.6 Å². The van der Waals surface area contributed by atoms with Crippen LogP contribution in [0.1, 0.15) is 16.6 Å². The molecular weight excluding hydrogens is 296 g/mol. The molecule has 3 rings (SSSR count). The minimum atomic E-state index is -0.276. The average molecular weight is 312 g/mol. The van der Waals surface area contributed by atoms with E-state index >= 15 is 0 Å². The molecule has 3 nitrogen and oxygen atoms in total. The fraction of sp³-hybridized carbons (Fsp3) is 0.167. The Hall–Kier alpha value is -2.33. The molecule has 0 bridgehead atoms. The van der Waals surface area contributed by atoms with E-state index in [2.05, 4.69) is 0 Å². The van der Waals surface area contributed by atoms with E-state index in [4.69, 9.17) is 9.47 Å². The smallest absolute Gasteiger partial charge is 0.348 e. The Balaban J connectivity index is 2.28. The van der Waals surface area contributed by atoms with Crippen molar-refractivity contribution in [1.82, 2.24) is 0 Å². The average Bonchev–Trinajstić information content (AvgIpc) is 2.94. The lowest BCUT2D eigenvalue weighted by Gasteiger charge is -2.05. The molecule has 0 unspecified atom stereocenters. The van der Waals surface area contributed by atoms with Crippen LogP contribution in [0.5, 0.6) is 5.75 Å². The summed E-state index contributed by atoms with van der Waals surface area (Å²) in [5, 5.41) is 1.01. The molecule has 0 saturated carbocycles. The van der Waals surface area contributed by atoms with Crippen LogP contribution in [0.25, 0.3) is 21.2 Å². The van der Waals surface area contributed by atoms with Crippen molar-refractivity contribution in [2.24, 2.45) is 0 Å². The molecule has 112 valence electrons. The minimum Gasteiger partial charge on any atom is -0.497 e. The van der Waals surface area contributed by atoms with Crippen molar-refractivity contribution in [1.29, 1.82) is 0 Å². The number of fused-ring (bicyclic) bond motifs is 1. The number of rotatable bonds is 4. The van der Waals surface area contributed by atoms with Crippen LogP contribution in [-0.2, 0) is 4.74 Å². The van der Waals surface area contributed by atoms with Crippen LogP contribution in [0.4, 0.5) is 0 Å². The molecule has 0 aliphatic rings. The summed E-state index contributed by atoms with van der Waals surface area (Å²) in [6.07, 6.45) is 0. The summed E-state index contributed by atoms with van der Waals surface area (Å²) in [7, 11) is 1.64. The zero-order valence-electron chi connectivity index (χ0n) is 12.5. The zero-order valence-corrected chi connectivity index (χ0v) is 13.3. The highest BCUT2D eigenvalue weighted by molar-refractivity contribution is 7.21. The standard InChI is InChI=1S/C18H16O3S/c1-3-21-18(19)17-16(12-7-5-4-6-8-12)14-11-13(20-2)9-10-15(14)22-17/h4-11H,3H2,1-2H3. The van der Waals surface area contributed by atoms with Crippen LogP contribution in [0.3, 0.4) is 0 Å². The topological polar surface area (TPSA) is 35.5 Å². The Morgan fingerprint density at radius 2 is 1.91 bits per heavy atom. The summed E-state index contributed by atoms with van der Waals surface area (Å²) in [6, 6.07) is 15.8. The molecule has 1 aromatic heterocycles. The summed E-state index contributed by atoms with van der Waals surface area (Å²) in [6.45, 7) is 2.18. The molecule has 22 heavy (non-hydrogen) atoms. The molecule has 4 heteroatoms. The van der Waals surface area contributed by atoms with Gasteiger partial charge in [-0.05, 0) is 30.7 Å². The summed E-state index contributed by atoms with van der Waals surface area (Å²) in [5.41, 5.74) is 1.92. The lowest BCUT2D eigenvalue weighted by atomic mass is 10.0. The fourth-order valence-electron chi connectivity index (χ4n) is 2.44. The van der Waals surface area contributed by atoms with Crippen LogP contribution >= 0.6 is 11.3 Å². The van der Waals surface area contributed by atoms with E-state index < -0.39 is 0 Å². The van der Waals surface area contributed by atoms with E-state index in [0.717, 1.165) is 27.0 Å². The molecule has 0 fully saturated rings. The van der Waals surface area contributed by atoms with Gasteiger partial charge >= 0.3 is 5.97 Å². The second-order valence-corrected chi connectivity index (χ2v) is 5.81. The van der Waals surface area contributed by atoms with E-state index in [1.807, 2.05) is 55.5 Å². The molecular formula is C18H16O3S. The maximum absolute atomic E-state index is 12.3. The van der Waals surface area contributed by atoms with Crippen molar-refractivity contribution >= 4 is 27.4 Å². The third-order valence-corrected chi connectivity index (χ3v) is 4.57. The molecule has 0 radical (unpaired) electrons. The maximum Gasteiger partial charge on any atom is 0.348 e. The number of methoxy groups -OCH3 is 1. The Bertz CT molecular complexity index is 806. The highest BCUT2D eigenvalue weighted by Gasteiger charge is 2.21. The van der Waals surface area contributed by atoms with Gasteiger partial charge in [-0.3, -0.25) is 0 Å². The number of hydrogen-bond donors (Lipinski definition) is 0. The van der Waals surface area contributed by atoms with Crippen LogP contribution in [-0.4, -0.2) is 19.7 Å². The third kappa shape index (κ3) is 2.57. The normalized spacial score (nSPS) is 10.6. The maximum atomic E-state index is 12.3. The van der Waals surface area contributed by atoms with Gasteiger partial charge in [0.05, 0.1) is 13.7 Å². The van der Waals surface area contributed by atoms with E-state index in [1.165, 1.54) is 11.3 Å². The quantitative estimate of drug-likeness (QED) is 0.652. The summed E-state index contributed by atoms with van der Waals surface area (Å²) >= 11 is 1.46. The number of benzene rings is 2. The number of esters is 1. The number of thiophene rings is 1. The Kier molecular flexibility index (Phi) is 4.11. The number of carbonyl (C=O) groups is 1. The molecule has 0 aliphatic heterocycles. The van der Waals surface area contributed by atoms with Gasteiger partial charge < -0.3 is 9.47 Å². The van der Waals surface area contributed by atoms with E-state index in [-0.39, 0.29) is 5.97 Å². The molecule has 3 aromatic rings. The van der Waals surface area contributed by atoms with Crippen molar-refractivity contribution in [3.05, 3.63) is 53.4 Å². The van der Waals surface area contributed by atoms with Gasteiger partial charge in [0.25, 0.3) is 0 Å². The van der Waals surface area contributed by atoms with E-state index in [9.17, 15) is 4.79 Å². The Morgan fingerprint density at radius 1 is 1.14 bits per heavy atom. The number of carbonyl (C=O) groups excluding carboxylic acids is 1. The van der Waals surface area contributed by atoms with Crippen LogP contribution in [0, 0.1) is 0 Å². The van der Waals surface area contributed by atoms with Crippen LogP contribution < -0.4 is 4.74 Å². The predicted octanol–water partition coefficient (Wildman–Crippen LogP) is 4.75. The second kappa shape index (κ2) is 6.20. The molecule has 0 atom stereocenters. The summed E-state index contributed by atoms with van der Waals surface area (Å²) < 4.78 is 11.6. The zero-order chi connectivity index (χ0) is 15.5. The lowest BCUT2D eigenvalue weighted by Crippen LogP contribution is -2.03. The highest BCUT2D eigenvalue weighted by atomic mass is 32.1. The van der Waals surface area contributed by atoms with Crippen molar-refractivity contribution in [2.45, 2.75) is 6.92 Å². The lowest BCUT2D eigenvalue weighted by molar-refractivity contribution is 0.0533. The van der Waals surface area contributed by atoms with Crippen molar-refractivity contribution in [3.63, 3.8) is 0 Å². The first-order valence-corrected chi connectivity index (χ1v) is 7.89. The molecule has 0 saturated heterocycles. The number of ether oxygens (including phenoxy) is 2. The Labute approximate surface area is 133 Å². The van der Waals surface area contributed by atoms with E-state index in [0.29, 0.717) is 11.5 Å². The SMILES string of the molecule is CCOC(=O)c1sc2ccc(OC)cc2c1-c1ccccc1. The van der Waals surface area contributed by atoms with Gasteiger partial charge in [-0.25, -0.2) is 4.79 Å². The molecule has 0 amide bonds. The molecule has 1 heterocycles. The largest absolute Gasteiger partial charge is 0.497 e. The monoisotopic (exact) mass is 312 g/mol. The summed E-state index contributed by atoms with van der Waals surface area (Å²) in [4.78, 5) is 13.0. The van der Waals surface area contributed by atoms with Gasteiger partial charge in [-0.1, -0.05) is 30.3 Å². The van der Waals surface area contributed by atoms with Crippen molar-refractivity contribution in [2.75, 3.05) is 13.7 Å². The van der Waals surface area contributed by atoms with Gasteiger partial charge in [0.2, 0.25) is 0 Å². The Morgan fingerprint density at radius 3 is 2.59 bits per heavy atom. The molecule has 0 spiro atoms. The second-order valence-electron chi connectivity index (χ2n) is 4.75. The van der Waals surface area contributed by atoms with Crippen LogP contribution in [0.2, 0.25) is 0 Å².